The number of nitrogens with zero attached hydrogens (tertiary/aromatic N) is 4. The minimum absolute atomic E-state index is 0.0174. The number of ether oxygens (including phenoxy) is 1. The Hall–Kier alpha value is -3.47. The van der Waals surface area contributed by atoms with Gasteiger partial charge in [0, 0.05) is 37.1 Å². The topological polar surface area (TPSA) is 128 Å². The summed E-state index contributed by atoms with van der Waals surface area (Å²) in [6.45, 7) is 1.30. The number of carbonyl (C=O) groups is 1. The molecule has 0 atom stereocenters. The van der Waals surface area contributed by atoms with Gasteiger partial charge in [0.1, 0.15) is 0 Å². The molecule has 1 aliphatic rings. The molecule has 0 fully saturated rings. The summed E-state index contributed by atoms with van der Waals surface area (Å²) in [5.74, 6) is 0.134. The summed E-state index contributed by atoms with van der Waals surface area (Å²) in [7, 11) is -3.83. The zero-order valence-electron chi connectivity index (χ0n) is 14.6. The summed E-state index contributed by atoms with van der Waals surface area (Å²) in [5, 5.41) is 6.90. The Morgan fingerprint density at radius 3 is 2.61 bits per heavy atom. The highest BCUT2D eigenvalue weighted by atomic mass is 32.2. The number of amides is 1. The van der Waals surface area contributed by atoms with E-state index in [0.29, 0.717) is 24.7 Å². The first kappa shape index (κ1) is 17.9. The fourth-order valence-corrected chi connectivity index (χ4v) is 3.58. The summed E-state index contributed by atoms with van der Waals surface area (Å²) in [4.78, 5) is 20.0. The van der Waals surface area contributed by atoms with Crippen LogP contribution < -0.4 is 14.8 Å². The summed E-state index contributed by atoms with van der Waals surface area (Å²) in [6.07, 6.45) is 3.71. The van der Waals surface area contributed by atoms with Crippen molar-refractivity contribution in [1.82, 2.24) is 19.7 Å². The third-order valence-corrected chi connectivity index (χ3v) is 5.30. The molecule has 2 N–H and O–H groups in total. The van der Waals surface area contributed by atoms with Crippen LogP contribution in [0.15, 0.2) is 53.7 Å². The highest BCUT2D eigenvalue weighted by Gasteiger charge is 2.19. The van der Waals surface area contributed by atoms with Crippen molar-refractivity contribution in [2.75, 3.05) is 16.6 Å². The molecule has 0 aliphatic carbocycles. The van der Waals surface area contributed by atoms with Crippen molar-refractivity contribution in [3.8, 4) is 5.88 Å². The number of aryl methyl sites for hydroxylation is 1. The van der Waals surface area contributed by atoms with Gasteiger partial charge in [0.15, 0.2) is 5.69 Å². The molecular weight excluding hydrogens is 384 g/mol. The summed E-state index contributed by atoms with van der Waals surface area (Å²) in [5.41, 5.74) is 0.670. The third kappa shape index (κ3) is 3.78. The van der Waals surface area contributed by atoms with Gasteiger partial charge in [-0.05, 0) is 30.3 Å². The molecule has 11 heteroatoms. The van der Waals surface area contributed by atoms with Gasteiger partial charge in [-0.1, -0.05) is 0 Å². The Morgan fingerprint density at radius 2 is 1.89 bits per heavy atom. The van der Waals surface area contributed by atoms with E-state index >= 15 is 0 Å². The molecule has 1 amide bonds. The monoisotopic (exact) mass is 400 g/mol. The number of anilines is 2. The zero-order chi connectivity index (χ0) is 19.6. The lowest BCUT2D eigenvalue weighted by atomic mass is 10.3. The Balaban J connectivity index is 1.45. The molecule has 10 nitrogen and oxygen atoms in total. The molecule has 1 aromatic carbocycles. The molecule has 0 saturated carbocycles. The molecule has 0 bridgehead atoms. The van der Waals surface area contributed by atoms with Gasteiger partial charge < -0.3 is 10.1 Å². The molecule has 4 rings (SSSR count). The minimum atomic E-state index is -3.83. The maximum absolute atomic E-state index is 12.4. The molecular formula is C17H16N6O4S. The number of nitrogens with one attached hydrogen (secondary N) is 2. The van der Waals surface area contributed by atoms with Gasteiger partial charge in [-0.25, -0.2) is 27.8 Å². The van der Waals surface area contributed by atoms with E-state index in [-0.39, 0.29) is 16.5 Å². The van der Waals surface area contributed by atoms with Gasteiger partial charge in [0.2, 0.25) is 11.8 Å². The number of fused-ring (bicyclic) bond motifs is 1. The summed E-state index contributed by atoms with van der Waals surface area (Å²) >= 11 is 0. The first-order chi connectivity index (χ1) is 13.5. The molecule has 3 aromatic rings. The van der Waals surface area contributed by atoms with Gasteiger partial charge >= 0.3 is 0 Å². The van der Waals surface area contributed by atoms with Gasteiger partial charge in [-0.2, -0.15) is 5.10 Å². The molecule has 0 radical (unpaired) electrons. The molecule has 0 spiro atoms. The van der Waals surface area contributed by atoms with E-state index in [1.807, 2.05) is 0 Å². The fraction of sp³-hybridized carbons (Fsp3) is 0.176. The van der Waals surface area contributed by atoms with E-state index in [9.17, 15) is 13.2 Å². The standard InChI is InChI=1S/C17H16N6O4S/c24-16(14-11-15-23(21-14)9-2-10-27-15)20-12-3-5-13(6-4-12)28(25,26)22-17-18-7-1-8-19-17/h1,3-8,11H,2,9-10H2,(H,20,24)(H,18,19,22). The third-order valence-electron chi connectivity index (χ3n) is 3.95. The molecule has 144 valence electrons. The lowest BCUT2D eigenvalue weighted by Crippen LogP contribution is -2.16. The van der Waals surface area contributed by atoms with E-state index in [2.05, 4.69) is 25.1 Å². The molecule has 28 heavy (non-hydrogen) atoms. The SMILES string of the molecule is O=C(Nc1ccc(S(=O)(=O)Nc2ncccn2)cc1)c1cc2n(n1)CCCO2. The smallest absolute Gasteiger partial charge is 0.276 e. The van der Waals surface area contributed by atoms with Crippen LogP contribution in [0.1, 0.15) is 16.9 Å². The van der Waals surface area contributed by atoms with E-state index in [1.165, 1.54) is 36.7 Å². The quantitative estimate of drug-likeness (QED) is 0.664. The second kappa shape index (κ2) is 7.27. The van der Waals surface area contributed by atoms with Crippen LogP contribution in [0.5, 0.6) is 5.88 Å². The maximum Gasteiger partial charge on any atom is 0.276 e. The van der Waals surface area contributed by atoms with Gasteiger partial charge in [-0.15, -0.1) is 0 Å². The van der Waals surface area contributed by atoms with Crippen LogP contribution in [0, 0.1) is 0 Å². The van der Waals surface area contributed by atoms with Gasteiger partial charge in [-0.3, -0.25) is 4.79 Å². The second-order valence-electron chi connectivity index (χ2n) is 5.95. The van der Waals surface area contributed by atoms with Crippen LogP contribution >= 0.6 is 0 Å². The minimum Gasteiger partial charge on any atom is -0.478 e. The number of aromatic nitrogens is 4. The fourth-order valence-electron chi connectivity index (χ4n) is 2.62. The summed E-state index contributed by atoms with van der Waals surface area (Å²) < 4.78 is 34.1. The highest BCUT2D eigenvalue weighted by molar-refractivity contribution is 7.92. The van der Waals surface area contributed by atoms with Gasteiger partial charge in [0.25, 0.3) is 15.9 Å². The van der Waals surface area contributed by atoms with Gasteiger partial charge in [0.05, 0.1) is 11.5 Å². The average molecular weight is 400 g/mol. The second-order valence-corrected chi connectivity index (χ2v) is 7.63. The Kier molecular flexibility index (Phi) is 4.65. The number of benzene rings is 1. The number of hydrogen-bond donors (Lipinski definition) is 2. The Bertz CT molecular complexity index is 1070. The molecule has 1 aliphatic heterocycles. The largest absolute Gasteiger partial charge is 0.478 e. The van der Waals surface area contributed by atoms with Crippen LogP contribution in [-0.4, -0.2) is 40.7 Å². The van der Waals surface area contributed by atoms with Crippen LogP contribution in [-0.2, 0) is 16.6 Å². The maximum atomic E-state index is 12.4. The van der Waals surface area contributed by atoms with Crippen LogP contribution in [0.4, 0.5) is 11.6 Å². The van der Waals surface area contributed by atoms with Crippen molar-refractivity contribution in [1.29, 1.82) is 0 Å². The lowest BCUT2D eigenvalue weighted by molar-refractivity contribution is 0.102. The van der Waals surface area contributed by atoms with Crippen LogP contribution in [0.2, 0.25) is 0 Å². The van der Waals surface area contributed by atoms with Crippen molar-refractivity contribution in [3.05, 3.63) is 54.5 Å². The number of carbonyl (C=O) groups excluding carboxylic acids is 1. The first-order valence-electron chi connectivity index (χ1n) is 8.43. The van der Waals surface area contributed by atoms with E-state index < -0.39 is 15.9 Å². The molecule has 2 aromatic heterocycles. The average Bonchev–Trinajstić information content (AvgIpc) is 3.13. The van der Waals surface area contributed by atoms with Crippen molar-refractivity contribution < 1.29 is 17.9 Å². The normalized spacial score (nSPS) is 13.3. The molecule has 0 saturated heterocycles. The number of sulfonamides is 1. The Morgan fingerprint density at radius 1 is 1.14 bits per heavy atom. The number of hydrogen-bond acceptors (Lipinski definition) is 7. The van der Waals surface area contributed by atoms with E-state index in [0.717, 1.165) is 6.42 Å². The summed E-state index contributed by atoms with van der Waals surface area (Å²) in [6, 6.07) is 8.90. The van der Waals surface area contributed by atoms with Crippen molar-refractivity contribution in [2.24, 2.45) is 0 Å². The lowest BCUT2D eigenvalue weighted by Gasteiger charge is -2.13. The molecule has 0 unspecified atom stereocenters. The Labute approximate surface area is 160 Å². The number of rotatable bonds is 5. The van der Waals surface area contributed by atoms with Crippen LogP contribution in [0.25, 0.3) is 0 Å². The van der Waals surface area contributed by atoms with Crippen molar-refractivity contribution in [3.63, 3.8) is 0 Å². The van der Waals surface area contributed by atoms with E-state index in [4.69, 9.17) is 4.74 Å². The van der Waals surface area contributed by atoms with E-state index in [1.54, 1.807) is 16.8 Å². The van der Waals surface area contributed by atoms with Crippen molar-refractivity contribution in [2.45, 2.75) is 17.9 Å². The van der Waals surface area contributed by atoms with Crippen molar-refractivity contribution >= 4 is 27.6 Å². The van der Waals surface area contributed by atoms with Crippen LogP contribution in [0.3, 0.4) is 0 Å². The first-order valence-corrected chi connectivity index (χ1v) is 9.91. The predicted molar refractivity (Wildman–Crippen MR) is 99.6 cm³/mol. The predicted octanol–water partition coefficient (Wildman–Crippen LogP) is 1.51. The molecule has 3 heterocycles. The highest BCUT2D eigenvalue weighted by Crippen LogP contribution is 2.20. The zero-order valence-corrected chi connectivity index (χ0v) is 15.4.